The van der Waals surface area contributed by atoms with E-state index in [1.807, 2.05) is 60.7 Å². The number of halogens is 1. The Morgan fingerprint density at radius 3 is 2.36 bits per heavy atom. The summed E-state index contributed by atoms with van der Waals surface area (Å²) in [5.74, 6) is 1.38. The summed E-state index contributed by atoms with van der Waals surface area (Å²) in [6.07, 6.45) is 1.75. The number of nitrogens with zero attached hydrogens (tertiary/aromatic N) is 3. The molecule has 0 spiro atoms. The smallest absolute Gasteiger partial charge is 0.138 e. The van der Waals surface area contributed by atoms with Gasteiger partial charge in [-0.25, -0.2) is 4.39 Å². The van der Waals surface area contributed by atoms with Gasteiger partial charge >= 0.3 is 0 Å². The lowest BCUT2D eigenvalue weighted by atomic mass is 10.0. The molecule has 0 unspecified atom stereocenters. The maximum absolute atomic E-state index is 14.9. The molecule has 168 valence electrons. The minimum atomic E-state index is -0.157. The first-order valence-electron chi connectivity index (χ1n) is 11.4. The Hall–Kier alpha value is -3.28. The van der Waals surface area contributed by atoms with Gasteiger partial charge in [0.25, 0.3) is 0 Å². The van der Waals surface area contributed by atoms with Crippen molar-refractivity contribution in [1.29, 1.82) is 0 Å². The quantitative estimate of drug-likeness (QED) is 0.386. The molecule has 1 aliphatic rings. The Morgan fingerprint density at radius 2 is 1.61 bits per heavy atom. The van der Waals surface area contributed by atoms with E-state index >= 15 is 0 Å². The van der Waals surface area contributed by atoms with Gasteiger partial charge in [0.15, 0.2) is 0 Å². The van der Waals surface area contributed by atoms with Gasteiger partial charge in [-0.15, -0.1) is 0 Å². The highest BCUT2D eigenvalue weighted by Crippen LogP contribution is 2.32. The van der Waals surface area contributed by atoms with Gasteiger partial charge in [0.05, 0.1) is 5.52 Å². The summed E-state index contributed by atoms with van der Waals surface area (Å²) >= 11 is 0. The molecule has 3 aromatic carbocycles. The topological polar surface area (TPSA) is 28.6 Å². The summed E-state index contributed by atoms with van der Waals surface area (Å²) in [6, 6.07) is 21.4. The number of aryl methyl sites for hydroxylation is 1. The average Bonchev–Trinajstić information content (AvgIpc) is 2.83. The third-order valence-electron chi connectivity index (χ3n) is 6.33. The van der Waals surface area contributed by atoms with Gasteiger partial charge in [0.1, 0.15) is 17.3 Å². The lowest BCUT2D eigenvalue weighted by Gasteiger charge is -2.32. The summed E-state index contributed by atoms with van der Waals surface area (Å²) in [5.41, 5.74) is 4.54. The van der Waals surface area contributed by atoms with E-state index in [-0.39, 0.29) is 5.82 Å². The molecule has 4 nitrogen and oxygen atoms in total. The minimum Gasteiger partial charge on any atom is -0.457 e. The van der Waals surface area contributed by atoms with Gasteiger partial charge in [-0.3, -0.25) is 9.88 Å². The maximum atomic E-state index is 14.9. The Morgan fingerprint density at radius 1 is 0.879 bits per heavy atom. The number of aromatic nitrogens is 1. The third-order valence-corrected chi connectivity index (χ3v) is 6.33. The fourth-order valence-electron chi connectivity index (χ4n) is 4.23. The van der Waals surface area contributed by atoms with Gasteiger partial charge in [-0.05, 0) is 61.5 Å². The molecule has 4 aromatic rings. The highest BCUT2D eigenvalue weighted by Gasteiger charge is 2.16. The van der Waals surface area contributed by atoms with Crippen LogP contribution in [0.2, 0.25) is 0 Å². The monoisotopic (exact) mass is 441 g/mol. The second-order valence-electron chi connectivity index (χ2n) is 8.84. The van der Waals surface area contributed by atoms with E-state index in [4.69, 9.17) is 4.74 Å². The molecule has 0 N–H and O–H groups in total. The molecule has 0 aliphatic carbocycles. The predicted octanol–water partition coefficient (Wildman–Crippen LogP) is 5.89. The van der Waals surface area contributed by atoms with Crippen molar-refractivity contribution in [2.75, 3.05) is 33.2 Å². The summed E-state index contributed by atoms with van der Waals surface area (Å²) in [7, 11) is 2.13. The first-order chi connectivity index (χ1) is 16.0. The first-order valence-corrected chi connectivity index (χ1v) is 11.4. The van der Waals surface area contributed by atoms with Gasteiger partial charge in [0, 0.05) is 49.9 Å². The van der Waals surface area contributed by atoms with E-state index in [0.29, 0.717) is 6.54 Å². The highest BCUT2D eigenvalue weighted by molar-refractivity contribution is 5.89. The SMILES string of the molecule is Cc1ccc(Oc2ccnc3cc(-c4ccc(CN5CCN(C)CC5)c(F)c4)ccc23)cc1. The zero-order valence-corrected chi connectivity index (χ0v) is 19.1. The molecular formula is C28H28FN3O. The van der Waals surface area contributed by atoms with Crippen LogP contribution in [0, 0.1) is 12.7 Å². The van der Waals surface area contributed by atoms with Crippen molar-refractivity contribution in [3.63, 3.8) is 0 Å². The molecule has 0 atom stereocenters. The number of fused-ring (bicyclic) bond motifs is 1. The Bertz CT molecular complexity index is 1260. The van der Waals surface area contributed by atoms with Gasteiger partial charge in [-0.1, -0.05) is 35.9 Å². The molecular weight excluding hydrogens is 413 g/mol. The lowest BCUT2D eigenvalue weighted by Crippen LogP contribution is -2.44. The second-order valence-corrected chi connectivity index (χ2v) is 8.84. The Kier molecular flexibility index (Phi) is 6.07. The van der Waals surface area contributed by atoms with Crippen molar-refractivity contribution in [3.8, 4) is 22.6 Å². The summed E-state index contributed by atoms with van der Waals surface area (Å²) in [6.45, 7) is 6.70. The summed E-state index contributed by atoms with van der Waals surface area (Å²) in [4.78, 5) is 9.14. The van der Waals surface area contributed by atoms with Crippen LogP contribution in [0.1, 0.15) is 11.1 Å². The predicted molar refractivity (Wildman–Crippen MR) is 131 cm³/mol. The van der Waals surface area contributed by atoms with Crippen molar-refractivity contribution in [2.45, 2.75) is 13.5 Å². The first kappa shape index (κ1) is 21.6. The number of hydrogen-bond acceptors (Lipinski definition) is 4. The average molecular weight is 442 g/mol. The molecule has 0 radical (unpaired) electrons. The number of ether oxygens (including phenoxy) is 1. The number of piperazine rings is 1. The molecule has 1 fully saturated rings. The Labute approximate surface area is 194 Å². The van der Waals surface area contributed by atoms with Crippen molar-refractivity contribution in [1.82, 2.24) is 14.8 Å². The van der Waals surface area contributed by atoms with E-state index in [2.05, 4.69) is 28.8 Å². The van der Waals surface area contributed by atoms with Crippen LogP contribution < -0.4 is 4.74 Å². The van der Waals surface area contributed by atoms with Gasteiger partial charge in [-0.2, -0.15) is 0 Å². The van der Waals surface area contributed by atoms with Crippen LogP contribution in [0.25, 0.3) is 22.0 Å². The molecule has 2 heterocycles. The number of rotatable bonds is 5. The Balaban J connectivity index is 1.37. The van der Waals surface area contributed by atoms with Crippen molar-refractivity contribution >= 4 is 10.9 Å². The van der Waals surface area contributed by atoms with Crippen LogP contribution in [0.5, 0.6) is 11.5 Å². The van der Waals surface area contributed by atoms with Gasteiger partial charge in [0.2, 0.25) is 0 Å². The number of hydrogen-bond donors (Lipinski definition) is 0. The van der Waals surface area contributed by atoms with E-state index in [1.54, 1.807) is 12.3 Å². The standard InChI is InChI=1S/C28H28FN3O/c1-20-3-8-24(9-4-20)33-28-11-12-30-27-18-22(7-10-25(27)28)21-5-6-23(26(29)17-21)19-32-15-13-31(2)14-16-32/h3-12,17-18H,13-16,19H2,1-2H3. The fraction of sp³-hybridized carbons (Fsp3) is 0.250. The fourth-order valence-corrected chi connectivity index (χ4v) is 4.23. The van der Waals surface area contributed by atoms with Crippen LogP contribution in [0.4, 0.5) is 4.39 Å². The van der Waals surface area contributed by atoms with E-state index < -0.39 is 0 Å². The van der Waals surface area contributed by atoms with Crippen LogP contribution in [-0.4, -0.2) is 48.0 Å². The number of pyridine rings is 1. The molecule has 5 rings (SSSR count). The summed E-state index contributed by atoms with van der Waals surface area (Å²) < 4.78 is 21.0. The van der Waals surface area contributed by atoms with Crippen LogP contribution in [-0.2, 0) is 6.54 Å². The zero-order chi connectivity index (χ0) is 22.8. The molecule has 0 saturated carbocycles. The number of likely N-dealkylation sites (N-methyl/N-ethyl adjacent to an activating group) is 1. The molecule has 1 aliphatic heterocycles. The normalized spacial score (nSPS) is 15.1. The van der Waals surface area contributed by atoms with E-state index in [1.165, 1.54) is 5.56 Å². The number of benzene rings is 3. The molecule has 1 saturated heterocycles. The van der Waals surface area contributed by atoms with E-state index in [9.17, 15) is 4.39 Å². The van der Waals surface area contributed by atoms with Crippen LogP contribution in [0.15, 0.2) is 72.9 Å². The molecule has 1 aromatic heterocycles. The van der Waals surface area contributed by atoms with E-state index in [0.717, 1.165) is 65.3 Å². The summed E-state index contributed by atoms with van der Waals surface area (Å²) in [5, 5.41) is 0.925. The third kappa shape index (κ3) is 4.90. The maximum Gasteiger partial charge on any atom is 0.138 e. The molecule has 5 heteroatoms. The largest absolute Gasteiger partial charge is 0.457 e. The highest BCUT2D eigenvalue weighted by atomic mass is 19.1. The van der Waals surface area contributed by atoms with Crippen molar-refractivity contribution < 1.29 is 9.13 Å². The molecule has 0 amide bonds. The lowest BCUT2D eigenvalue weighted by molar-refractivity contribution is 0.147. The molecule has 33 heavy (non-hydrogen) atoms. The van der Waals surface area contributed by atoms with Crippen molar-refractivity contribution in [2.24, 2.45) is 0 Å². The zero-order valence-electron chi connectivity index (χ0n) is 19.1. The second kappa shape index (κ2) is 9.30. The van der Waals surface area contributed by atoms with Gasteiger partial charge < -0.3 is 9.64 Å². The van der Waals surface area contributed by atoms with Crippen LogP contribution >= 0.6 is 0 Å². The van der Waals surface area contributed by atoms with Crippen LogP contribution in [0.3, 0.4) is 0 Å². The van der Waals surface area contributed by atoms with Crippen molar-refractivity contribution in [3.05, 3.63) is 89.9 Å². The molecule has 0 bridgehead atoms. The minimum absolute atomic E-state index is 0.157.